The van der Waals surface area contributed by atoms with Crippen LogP contribution in [0.1, 0.15) is 27.2 Å². The fourth-order valence-corrected chi connectivity index (χ4v) is 1.72. The molecule has 1 atom stereocenters. The van der Waals surface area contributed by atoms with Crippen molar-refractivity contribution in [1.29, 1.82) is 0 Å². The predicted octanol–water partition coefficient (Wildman–Crippen LogP) is 1.87. The van der Waals surface area contributed by atoms with Crippen molar-refractivity contribution in [1.82, 2.24) is 0 Å². The normalized spacial score (nSPS) is 17.3. The number of hydrogen-bond acceptors (Lipinski definition) is 4. The molecule has 0 bridgehead atoms. The van der Waals surface area contributed by atoms with Crippen LogP contribution in [-0.2, 0) is 4.79 Å². The Bertz CT molecular complexity index is 471. The molecule has 0 aliphatic carbocycles. The van der Waals surface area contributed by atoms with Crippen molar-refractivity contribution in [3.05, 3.63) is 18.2 Å². The maximum absolute atomic E-state index is 11.7. The van der Waals surface area contributed by atoms with Crippen LogP contribution in [0.3, 0.4) is 0 Å². The van der Waals surface area contributed by atoms with E-state index in [4.69, 9.17) is 15.2 Å². The maximum atomic E-state index is 11.7. The molecule has 1 aromatic rings. The average Bonchev–Trinajstić information content (AvgIpc) is 2.61. The van der Waals surface area contributed by atoms with Gasteiger partial charge in [0.1, 0.15) is 0 Å². The number of ether oxygens (including phenoxy) is 2. The monoisotopic (exact) mass is 250 g/mol. The van der Waals surface area contributed by atoms with Gasteiger partial charge in [0.05, 0.1) is 6.04 Å². The highest BCUT2D eigenvalue weighted by Gasteiger charge is 2.31. The SMILES string of the molecule is CCC(N)C(=O)Nc1ccc2c(c1)OC(C)(C)O2. The Kier molecular flexibility index (Phi) is 3.17. The summed E-state index contributed by atoms with van der Waals surface area (Å²) in [6, 6.07) is 4.79. The van der Waals surface area contributed by atoms with Gasteiger partial charge in [0.25, 0.3) is 0 Å². The summed E-state index contributed by atoms with van der Waals surface area (Å²) in [5.74, 6) is 0.446. The topological polar surface area (TPSA) is 73.6 Å². The van der Waals surface area contributed by atoms with E-state index in [9.17, 15) is 4.79 Å². The first kappa shape index (κ1) is 12.7. The Morgan fingerprint density at radius 3 is 2.72 bits per heavy atom. The molecule has 2 rings (SSSR count). The van der Waals surface area contributed by atoms with Crippen LogP contribution in [-0.4, -0.2) is 17.7 Å². The molecule has 1 amide bonds. The number of anilines is 1. The van der Waals surface area contributed by atoms with Gasteiger partial charge in [-0.05, 0) is 18.6 Å². The fourth-order valence-electron chi connectivity index (χ4n) is 1.72. The number of amides is 1. The van der Waals surface area contributed by atoms with E-state index in [1.807, 2.05) is 20.8 Å². The second-order valence-electron chi connectivity index (χ2n) is 4.77. The fraction of sp³-hybridized carbons (Fsp3) is 0.462. The average molecular weight is 250 g/mol. The molecule has 1 aliphatic rings. The Morgan fingerprint density at radius 2 is 2.06 bits per heavy atom. The minimum Gasteiger partial charge on any atom is -0.449 e. The van der Waals surface area contributed by atoms with Crippen LogP contribution in [0.2, 0.25) is 0 Å². The van der Waals surface area contributed by atoms with Gasteiger partial charge < -0.3 is 20.5 Å². The second-order valence-corrected chi connectivity index (χ2v) is 4.77. The van der Waals surface area contributed by atoms with Crippen molar-refractivity contribution in [3.8, 4) is 11.5 Å². The van der Waals surface area contributed by atoms with E-state index in [1.54, 1.807) is 18.2 Å². The van der Waals surface area contributed by atoms with Gasteiger partial charge in [-0.1, -0.05) is 6.92 Å². The molecule has 0 aromatic heterocycles. The van der Waals surface area contributed by atoms with Gasteiger partial charge in [0, 0.05) is 25.6 Å². The number of hydrogen-bond donors (Lipinski definition) is 2. The lowest BCUT2D eigenvalue weighted by Gasteiger charge is -2.16. The molecule has 0 fully saturated rings. The lowest BCUT2D eigenvalue weighted by molar-refractivity contribution is -0.117. The maximum Gasteiger partial charge on any atom is 0.246 e. The van der Waals surface area contributed by atoms with Crippen molar-refractivity contribution in [2.45, 2.75) is 39.0 Å². The molecular weight excluding hydrogens is 232 g/mol. The van der Waals surface area contributed by atoms with Gasteiger partial charge >= 0.3 is 0 Å². The minimum atomic E-state index is -0.662. The van der Waals surface area contributed by atoms with E-state index in [0.29, 0.717) is 23.6 Å². The highest BCUT2D eigenvalue weighted by Crippen LogP contribution is 2.40. The van der Waals surface area contributed by atoms with E-state index in [2.05, 4.69) is 5.32 Å². The zero-order valence-electron chi connectivity index (χ0n) is 10.8. The smallest absolute Gasteiger partial charge is 0.246 e. The minimum absolute atomic E-state index is 0.198. The molecule has 0 radical (unpaired) electrons. The molecule has 5 heteroatoms. The summed E-state index contributed by atoms with van der Waals surface area (Å²) < 4.78 is 11.2. The summed E-state index contributed by atoms with van der Waals surface area (Å²) in [7, 11) is 0. The molecule has 1 unspecified atom stereocenters. The molecular formula is C13H18N2O3. The predicted molar refractivity (Wildman–Crippen MR) is 68.7 cm³/mol. The highest BCUT2D eigenvalue weighted by molar-refractivity contribution is 5.94. The van der Waals surface area contributed by atoms with Crippen molar-refractivity contribution in [2.75, 3.05) is 5.32 Å². The van der Waals surface area contributed by atoms with E-state index in [0.717, 1.165) is 0 Å². The highest BCUT2D eigenvalue weighted by atomic mass is 16.7. The molecule has 0 saturated heterocycles. The molecule has 0 spiro atoms. The number of fused-ring (bicyclic) bond motifs is 1. The quantitative estimate of drug-likeness (QED) is 0.858. The van der Waals surface area contributed by atoms with Crippen LogP contribution in [0.4, 0.5) is 5.69 Å². The first-order chi connectivity index (χ1) is 8.41. The molecule has 5 nitrogen and oxygen atoms in total. The molecule has 1 aliphatic heterocycles. The Labute approximate surface area is 106 Å². The molecule has 0 saturated carbocycles. The number of rotatable bonds is 3. The van der Waals surface area contributed by atoms with Crippen LogP contribution in [0.5, 0.6) is 11.5 Å². The first-order valence-corrected chi connectivity index (χ1v) is 6.00. The van der Waals surface area contributed by atoms with Crippen molar-refractivity contribution >= 4 is 11.6 Å². The molecule has 18 heavy (non-hydrogen) atoms. The van der Waals surface area contributed by atoms with Gasteiger partial charge in [-0.3, -0.25) is 4.79 Å². The first-order valence-electron chi connectivity index (χ1n) is 6.00. The van der Waals surface area contributed by atoms with Gasteiger partial charge in [0.2, 0.25) is 11.7 Å². The molecule has 1 aromatic carbocycles. The lowest BCUT2D eigenvalue weighted by Crippen LogP contribution is -2.34. The third-order valence-electron chi connectivity index (χ3n) is 2.70. The Balaban J connectivity index is 2.12. The lowest BCUT2D eigenvalue weighted by atomic mass is 10.2. The van der Waals surface area contributed by atoms with E-state index in [-0.39, 0.29) is 5.91 Å². The van der Waals surface area contributed by atoms with Crippen LogP contribution >= 0.6 is 0 Å². The standard InChI is InChI=1S/C13H18N2O3/c1-4-9(14)12(16)15-8-5-6-10-11(7-8)18-13(2,3)17-10/h5-7,9H,4,14H2,1-3H3,(H,15,16). The van der Waals surface area contributed by atoms with E-state index < -0.39 is 11.8 Å². The number of nitrogens with two attached hydrogens (primary N) is 1. The van der Waals surface area contributed by atoms with E-state index in [1.165, 1.54) is 0 Å². The Morgan fingerprint density at radius 1 is 1.39 bits per heavy atom. The zero-order chi connectivity index (χ0) is 13.3. The number of carbonyl (C=O) groups is 1. The molecule has 3 N–H and O–H groups in total. The summed E-state index contributed by atoms with van der Waals surface area (Å²) in [5, 5.41) is 2.75. The van der Waals surface area contributed by atoms with E-state index >= 15 is 0 Å². The summed E-state index contributed by atoms with van der Waals surface area (Å²) in [6.45, 7) is 5.53. The number of carbonyl (C=O) groups excluding carboxylic acids is 1. The van der Waals surface area contributed by atoms with Crippen LogP contribution in [0.25, 0.3) is 0 Å². The second kappa shape index (κ2) is 4.49. The summed E-state index contributed by atoms with van der Waals surface area (Å²) >= 11 is 0. The summed E-state index contributed by atoms with van der Waals surface area (Å²) in [5.41, 5.74) is 6.31. The molecule has 98 valence electrons. The summed E-state index contributed by atoms with van der Waals surface area (Å²) in [6.07, 6.45) is 0.601. The van der Waals surface area contributed by atoms with Crippen molar-refractivity contribution in [3.63, 3.8) is 0 Å². The van der Waals surface area contributed by atoms with Gasteiger partial charge in [-0.2, -0.15) is 0 Å². The van der Waals surface area contributed by atoms with Gasteiger partial charge in [-0.15, -0.1) is 0 Å². The Hall–Kier alpha value is -1.75. The summed E-state index contributed by atoms with van der Waals surface area (Å²) in [4.78, 5) is 11.7. The van der Waals surface area contributed by atoms with Crippen molar-refractivity contribution in [2.24, 2.45) is 5.73 Å². The third kappa shape index (κ3) is 2.56. The zero-order valence-corrected chi connectivity index (χ0v) is 10.8. The van der Waals surface area contributed by atoms with Gasteiger partial charge in [0.15, 0.2) is 11.5 Å². The third-order valence-corrected chi connectivity index (χ3v) is 2.70. The largest absolute Gasteiger partial charge is 0.449 e. The number of nitrogens with one attached hydrogen (secondary N) is 1. The van der Waals surface area contributed by atoms with Crippen molar-refractivity contribution < 1.29 is 14.3 Å². The van der Waals surface area contributed by atoms with Crippen LogP contribution in [0, 0.1) is 0 Å². The van der Waals surface area contributed by atoms with Crippen LogP contribution in [0.15, 0.2) is 18.2 Å². The molecule has 1 heterocycles. The number of benzene rings is 1. The van der Waals surface area contributed by atoms with Crippen LogP contribution < -0.4 is 20.5 Å². The van der Waals surface area contributed by atoms with Gasteiger partial charge in [-0.25, -0.2) is 0 Å².